The van der Waals surface area contributed by atoms with Gasteiger partial charge in [0.1, 0.15) is 0 Å². The third kappa shape index (κ3) is 4.59. The van der Waals surface area contributed by atoms with Crippen LogP contribution in [0.2, 0.25) is 5.02 Å². The third-order valence-electron chi connectivity index (χ3n) is 3.28. The summed E-state index contributed by atoms with van der Waals surface area (Å²) in [5, 5.41) is 3.96. The zero-order valence-corrected chi connectivity index (χ0v) is 13.2. The number of hydrogen-bond acceptors (Lipinski definition) is 3. The predicted octanol–water partition coefficient (Wildman–Crippen LogP) is 3.54. The summed E-state index contributed by atoms with van der Waals surface area (Å²) in [4.78, 5) is 0. The molecule has 0 bridgehead atoms. The van der Waals surface area contributed by atoms with Gasteiger partial charge in [-0.15, -0.1) is 0 Å². The summed E-state index contributed by atoms with van der Waals surface area (Å²) in [5.41, 5.74) is 1.34. The molecule has 0 aliphatic carbocycles. The summed E-state index contributed by atoms with van der Waals surface area (Å²) < 4.78 is 10.6. The number of methoxy groups -OCH3 is 2. The molecule has 1 rings (SSSR count). The summed E-state index contributed by atoms with van der Waals surface area (Å²) in [6.45, 7) is 5.48. The van der Waals surface area contributed by atoms with Crippen LogP contribution in [0.4, 0.5) is 0 Å². The Hall–Kier alpha value is -0.930. The summed E-state index contributed by atoms with van der Waals surface area (Å²) in [5.74, 6) is 1.40. The van der Waals surface area contributed by atoms with Crippen LogP contribution in [0.25, 0.3) is 0 Å². The van der Waals surface area contributed by atoms with Crippen LogP contribution >= 0.6 is 11.6 Å². The molecule has 0 fully saturated rings. The van der Waals surface area contributed by atoms with Crippen molar-refractivity contribution in [1.29, 1.82) is 0 Å². The number of halogens is 1. The van der Waals surface area contributed by atoms with Gasteiger partial charge in [-0.25, -0.2) is 0 Å². The number of rotatable bonds is 7. The lowest BCUT2D eigenvalue weighted by Crippen LogP contribution is -2.27. The van der Waals surface area contributed by atoms with Gasteiger partial charge in [-0.2, -0.15) is 0 Å². The van der Waals surface area contributed by atoms with E-state index in [0.717, 1.165) is 35.7 Å². The van der Waals surface area contributed by atoms with E-state index < -0.39 is 0 Å². The zero-order chi connectivity index (χ0) is 14.5. The molecule has 4 heteroatoms. The smallest absolute Gasteiger partial charge is 0.162 e. The Bertz CT molecular complexity index is 419. The molecule has 0 amide bonds. The molecule has 19 heavy (non-hydrogen) atoms. The summed E-state index contributed by atoms with van der Waals surface area (Å²) in [6, 6.07) is 3.79. The Morgan fingerprint density at radius 2 is 1.74 bits per heavy atom. The van der Waals surface area contributed by atoms with Gasteiger partial charge in [0.25, 0.3) is 0 Å². The normalized spacial score (nSPS) is 11.5. The standard InChI is InChI=1S/C15H24ClNO2/c1-15(2,10-17-3)7-6-11-8-13(18-4)14(19-5)9-12(11)16/h8-9,17H,6-7,10H2,1-5H3. The van der Waals surface area contributed by atoms with Gasteiger partial charge in [0.05, 0.1) is 14.2 Å². The van der Waals surface area contributed by atoms with Crippen molar-refractivity contribution in [3.05, 3.63) is 22.7 Å². The van der Waals surface area contributed by atoms with Gasteiger partial charge in [0.2, 0.25) is 0 Å². The largest absolute Gasteiger partial charge is 0.493 e. The van der Waals surface area contributed by atoms with Crippen LogP contribution in [0.15, 0.2) is 12.1 Å². The quantitative estimate of drug-likeness (QED) is 0.831. The van der Waals surface area contributed by atoms with Gasteiger partial charge in [-0.1, -0.05) is 25.4 Å². The molecule has 3 nitrogen and oxygen atoms in total. The maximum atomic E-state index is 6.29. The molecule has 0 atom stereocenters. The molecule has 0 aromatic heterocycles. The molecule has 0 aliphatic heterocycles. The van der Waals surface area contributed by atoms with Crippen molar-refractivity contribution in [1.82, 2.24) is 5.32 Å². The minimum Gasteiger partial charge on any atom is -0.493 e. The van der Waals surface area contributed by atoms with Crippen LogP contribution in [-0.2, 0) is 6.42 Å². The number of nitrogens with one attached hydrogen (secondary N) is 1. The lowest BCUT2D eigenvalue weighted by Gasteiger charge is -2.24. The molecule has 1 aromatic carbocycles. The van der Waals surface area contributed by atoms with Crippen LogP contribution < -0.4 is 14.8 Å². The molecule has 0 saturated heterocycles. The highest BCUT2D eigenvalue weighted by Crippen LogP contribution is 2.34. The van der Waals surface area contributed by atoms with E-state index in [4.69, 9.17) is 21.1 Å². The molecule has 1 N–H and O–H groups in total. The van der Waals surface area contributed by atoms with E-state index in [0.29, 0.717) is 5.75 Å². The Morgan fingerprint density at radius 1 is 1.16 bits per heavy atom. The molecule has 0 heterocycles. The van der Waals surface area contributed by atoms with Crippen molar-refractivity contribution in [2.45, 2.75) is 26.7 Å². The number of aryl methyl sites for hydroxylation is 1. The first-order valence-electron chi connectivity index (χ1n) is 6.48. The average Bonchev–Trinajstić information content (AvgIpc) is 2.36. The number of ether oxygens (including phenoxy) is 2. The first-order chi connectivity index (χ1) is 8.93. The molecule has 0 saturated carbocycles. The maximum absolute atomic E-state index is 6.29. The zero-order valence-electron chi connectivity index (χ0n) is 12.5. The maximum Gasteiger partial charge on any atom is 0.162 e. The highest BCUT2D eigenvalue weighted by molar-refractivity contribution is 6.31. The van der Waals surface area contributed by atoms with Crippen molar-refractivity contribution in [3.8, 4) is 11.5 Å². The van der Waals surface area contributed by atoms with E-state index >= 15 is 0 Å². The molecule has 0 unspecified atom stereocenters. The Labute approximate surface area is 121 Å². The number of hydrogen-bond donors (Lipinski definition) is 1. The Kier molecular flexibility index (Phi) is 5.95. The van der Waals surface area contributed by atoms with Gasteiger partial charge in [-0.3, -0.25) is 0 Å². The monoisotopic (exact) mass is 285 g/mol. The highest BCUT2D eigenvalue weighted by atomic mass is 35.5. The second kappa shape index (κ2) is 7.01. The van der Waals surface area contributed by atoms with Crippen LogP contribution in [0.1, 0.15) is 25.8 Å². The highest BCUT2D eigenvalue weighted by Gasteiger charge is 2.18. The van der Waals surface area contributed by atoms with Gasteiger partial charge >= 0.3 is 0 Å². The molecule has 0 spiro atoms. The second-order valence-corrected chi connectivity index (χ2v) is 5.90. The van der Waals surface area contributed by atoms with Gasteiger partial charge in [0.15, 0.2) is 11.5 Å². The van der Waals surface area contributed by atoms with Gasteiger partial charge in [-0.05, 0) is 43.5 Å². The van der Waals surface area contributed by atoms with E-state index in [1.165, 1.54) is 0 Å². The average molecular weight is 286 g/mol. The molecule has 0 aliphatic rings. The Balaban J connectivity index is 2.84. The Morgan fingerprint density at radius 3 is 2.26 bits per heavy atom. The fraction of sp³-hybridized carbons (Fsp3) is 0.600. The molecular formula is C15H24ClNO2. The minimum atomic E-state index is 0.241. The summed E-state index contributed by atoms with van der Waals surface area (Å²) in [7, 11) is 5.23. The van der Waals surface area contributed by atoms with E-state index in [1.807, 2.05) is 19.2 Å². The van der Waals surface area contributed by atoms with Crippen molar-refractivity contribution in [2.75, 3.05) is 27.8 Å². The SMILES string of the molecule is CNCC(C)(C)CCc1cc(OC)c(OC)cc1Cl. The summed E-state index contributed by atoms with van der Waals surface area (Å²) >= 11 is 6.29. The topological polar surface area (TPSA) is 30.5 Å². The fourth-order valence-electron chi connectivity index (χ4n) is 2.13. The molecule has 1 aromatic rings. The van der Waals surface area contributed by atoms with E-state index in [9.17, 15) is 0 Å². The van der Waals surface area contributed by atoms with Gasteiger partial charge in [0, 0.05) is 11.1 Å². The van der Waals surface area contributed by atoms with Crippen molar-refractivity contribution in [3.63, 3.8) is 0 Å². The lowest BCUT2D eigenvalue weighted by atomic mass is 9.86. The number of benzene rings is 1. The lowest BCUT2D eigenvalue weighted by molar-refractivity contribution is 0.323. The summed E-state index contributed by atoms with van der Waals surface area (Å²) in [6.07, 6.45) is 1.98. The van der Waals surface area contributed by atoms with E-state index in [2.05, 4.69) is 19.2 Å². The van der Waals surface area contributed by atoms with Gasteiger partial charge < -0.3 is 14.8 Å². The van der Waals surface area contributed by atoms with Crippen LogP contribution in [-0.4, -0.2) is 27.8 Å². The first-order valence-corrected chi connectivity index (χ1v) is 6.86. The van der Waals surface area contributed by atoms with Crippen molar-refractivity contribution < 1.29 is 9.47 Å². The third-order valence-corrected chi connectivity index (χ3v) is 3.63. The molecule has 0 radical (unpaired) electrons. The predicted molar refractivity (Wildman–Crippen MR) is 80.6 cm³/mol. The van der Waals surface area contributed by atoms with Crippen LogP contribution in [0, 0.1) is 5.41 Å². The minimum absolute atomic E-state index is 0.241. The first kappa shape index (κ1) is 16.1. The second-order valence-electron chi connectivity index (χ2n) is 5.49. The molecule has 108 valence electrons. The fourth-order valence-corrected chi connectivity index (χ4v) is 2.38. The van der Waals surface area contributed by atoms with Crippen LogP contribution in [0.5, 0.6) is 11.5 Å². The van der Waals surface area contributed by atoms with Crippen LogP contribution in [0.3, 0.4) is 0 Å². The van der Waals surface area contributed by atoms with Crippen molar-refractivity contribution in [2.24, 2.45) is 5.41 Å². The van der Waals surface area contributed by atoms with E-state index in [-0.39, 0.29) is 5.41 Å². The van der Waals surface area contributed by atoms with Crippen molar-refractivity contribution >= 4 is 11.6 Å². The van der Waals surface area contributed by atoms with E-state index in [1.54, 1.807) is 14.2 Å². The molecular weight excluding hydrogens is 262 g/mol.